The molecule has 0 unspecified atom stereocenters. The second-order valence-electron chi connectivity index (χ2n) is 7.76. The summed E-state index contributed by atoms with van der Waals surface area (Å²) in [5.41, 5.74) is 0.334. The maximum Gasteiger partial charge on any atom is 0.416 e. The Labute approximate surface area is 184 Å². The molecule has 0 fully saturated rings. The van der Waals surface area contributed by atoms with Crippen LogP contribution in [0.4, 0.5) is 13.2 Å². The molecule has 3 aromatic rings. The molecule has 164 valence electrons. The van der Waals surface area contributed by atoms with Crippen molar-refractivity contribution in [2.24, 2.45) is 5.92 Å². The number of aromatic nitrogens is 2. The van der Waals surface area contributed by atoms with Gasteiger partial charge in [0.1, 0.15) is 5.82 Å². The van der Waals surface area contributed by atoms with Crippen molar-refractivity contribution in [3.63, 3.8) is 0 Å². The number of halogens is 4. The van der Waals surface area contributed by atoms with Crippen molar-refractivity contribution in [1.29, 1.82) is 0 Å². The van der Waals surface area contributed by atoms with Gasteiger partial charge in [0.15, 0.2) is 0 Å². The molecule has 31 heavy (non-hydrogen) atoms. The lowest BCUT2D eigenvalue weighted by Crippen LogP contribution is -2.34. The number of hydrogen-bond donors (Lipinski definition) is 0. The van der Waals surface area contributed by atoms with Gasteiger partial charge in [-0.05, 0) is 47.9 Å². The Bertz CT molecular complexity index is 1030. The molecule has 0 N–H and O–H groups in total. The summed E-state index contributed by atoms with van der Waals surface area (Å²) in [5, 5.41) is 0.545. The van der Waals surface area contributed by atoms with Crippen molar-refractivity contribution in [2.45, 2.75) is 33.1 Å². The number of carbonyl (C=O) groups is 1. The molecule has 3 rings (SSSR count). The van der Waals surface area contributed by atoms with Crippen molar-refractivity contribution in [2.75, 3.05) is 6.54 Å². The van der Waals surface area contributed by atoms with E-state index in [1.807, 2.05) is 13.8 Å². The molecule has 0 bridgehead atoms. The van der Waals surface area contributed by atoms with Crippen LogP contribution in [0.1, 0.15) is 41.2 Å². The summed E-state index contributed by atoms with van der Waals surface area (Å²) < 4.78 is 40.8. The monoisotopic (exact) mass is 449 g/mol. The predicted octanol–water partition coefficient (Wildman–Crippen LogP) is 5.90. The molecule has 0 saturated carbocycles. The average molecular weight is 450 g/mol. The minimum Gasteiger partial charge on any atom is -0.331 e. The Morgan fingerprint density at radius 2 is 1.87 bits per heavy atom. The minimum atomic E-state index is -4.40. The molecular weight excluding hydrogens is 427 g/mol. The first-order valence-corrected chi connectivity index (χ1v) is 10.2. The Balaban J connectivity index is 1.82. The van der Waals surface area contributed by atoms with E-state index in [0.29, 0.717) is 28.5 Å². The normalized spacial score (nSPS) is 11.7. The topological polar surface area (TPSA) is 38.1 Å². The summed E-state index contributed by atoms with van der Waals surface area (Å²) in [5.74, 6) is 0.669. The van der Waals surface area contributed by atoms with Gasteiger partial charge in [0.05, 0.1) is 12.1 Å². The largest absolute Gasteiger partial charge is 0.416 e. The maximum absolute atomic E-state index is 13.1. The highest BCUT2D eigenvalue weighted by Gasteiger charge is 2.30. The lowest BCUT2D eigenvalue weighted by Gasteiger charge is -2.25. The first-order valence-electron chi connectivity index (χ1n) is 9.84. The number of carbonyl (C=O) groups excluding carboxylic acids is 1. The van der Waals surface area contributed by atoms with Gasteiger partial charge in [-0.3, -0.25) is 4.79 Å². The predicted molar refractivity (Wildman–Crippen MR) is 114 cm³/mol. The highest BCUT2D eigenvalue weighted by atomic mass is 35.5. The van der Waals surface area contributed by atoms with E-state index in [0.717, 1.165) is 12.1 Å². The highest BCUT2D eigenvalue weighted by Crippen LogP contribution is 2.29. The van der Waals surface area contributed by atoms with E-state index in [1.54, 1.807) is 52.2 Å². The van der Waals surface area contributed by atoms with E-state index in [9.17, 15) is 18.0 Å². The molecule has 1 amide bonds. The summed E-state index contributed by atoms with van der Waals surface area (Å²) in [4.78, 5) is 19.1. The van der Waals surface area contributed by atoms with E-state index in [2.05, 4.69) is 4.98 Å². The van der Waals surface area contributed by atoms with Gasteiger partial charge in [0.2, 0.25) is 0 Å². The van der Waals surface area contributed by atoms with Gasteiger partial charge >= 0.3 is 6.18 Å². The summed E-state index contributed by atoms with van der Waals surface area (Å²) in [7, 11) is 0. The van der Waals surface area contributed by atoms with Crippen LogP contribution in [0.2, 0.25) is 5.02 Å². The number of amides is 1. The number of imidazole rings is 1. The lowest BCUT2D eigenvalue weighted by molar-refractivity contribution is -0.137. The highest BCUT2D eigenvalue weighted by molar-refractivity contribution is 6.30. The van der Waals surface area contributed by atoms with Crippen LogP contribution in [0.15, 0.2) is 60.9 Å². The molecule has 0 aliphatic heterocycles. The van der Waals surface area contributed by atoms with Crippen LogP contribution in [0.25, 0.3) is 0 Å². The van der Waals surface area contributed by atoms with Gasteiger partial charge in [-0.2, -0.15) is 13.2 Å². The summed E-state index contributed by atoms with van der Waals surface area (Å²) in [6.07, 6.45) is -1.11. The van der Waals surface area contributed by atoms with Crippen molar-refractivity contribution in [1.82, 2.24) is 14.5 Å². The number of nitrogens with zero attached hydrogens (tertiary/aromatic N) is 3. The van der Waals surface area contributed by atoms with Gasteiger partial charge in [0, 0.05) is 36.1 Å². The first kappa shape index (κ1) is 22.9. The molecule has 1 heterocycles. The van der Waals surface area contributed by atoms with Crippen LogP contribution in [0, 0.1) is 5.92 Å². The smallest absolute Gasteiger partial charge is 0.331 e. The van der Waals surface area contributed by atoms with Crippen LogP contribution in [0.3, 0.4) is 0 Å². The van der Waals surface area contributed by atoms with Crippen LogP contribution in [0.5, 0.6) is 0 Å². The van der Waals surface area contributed by atoms with Crippen LogP contribution >= 0.6 is 11.6 Å². The molecule has 1 aromatic heterocycles. The van der Waals surface area contributed by atoms with Crippen molar-refractivity contribution < 1.29 is 18.0 Å². The molecule has 4 nitrogen and oxygen atoms in total. The fourth-order valence-corrected chi connectivity index (χ4v) is 3.41. The van der Waals surface area contributed by atoms with E-state index in [4.69, 9.17) is 11.6 Å². The second kappa shape index (κ2) is 9.56. The van der Waals surface area contributed by atoms with Gasteiger partial charge < -0.3 is 9.47 Å². The SMILES string of the molecule is CC(C)CN(Cc1nccn1Cc1cccc(C(F)(F)F)c1)C(=O)c1ccc(Cl)cc1. The molecule has 0 saturated heterocycles. The van der Waals surface area contributed by atoms with Gasteiger partial charge in [0.25, 0.3) is 5.91 Å². The van der Waals surface area contributed by atoms with Gasteiger partial charge in [-0.1, -0.05) is 37.6 Å². The fraction of sp³-hybridized carbons (Fsp3) is 0.304. The third kappa shape index (κ3) is 6.10. The average Bonchev–Trinajstić information content (AvgIpc) is 3.13. The van der Waals surface area contributed by atoms with Gasteiger partial charge in [-0.25, -0.2) is 4.98 Å². The van der Waals surface area contributed by atoms with Crippen LogP contribution in [-0.4, -0.2) is 26.9 Å². The fourth-order valence-electron chi connectivity index (χ4n) is 3.28. The number of hydrogen-bond acceptors (Lipinski definition) is 2. The van der Waals surface area contributed by atoms with Crippen LogP contribution in [-0.2, 0) is 19.3 Å². The quantitative estimate of drug-likeness (QED) is 0.450. The molecule has 0 aliphatic rings. The lowest BCUT2D eigenvalue weighted by atomic mass is 10.1. The molecule has 8 heteroatoms. The zero-order valence-electron chi connectivity index (χ0n) is 17.2. The summed E-state index contributed by atoms with van der Waals surface area (Å²) in [6, 6.07) is 11.9. The zero-order valence-corrected chi connectivity index (χ0v) is 18.0. The van der Waals surface area contributed by atoms with E-state index in [-0.39, 0.29) is 24.9 Å². The minimum absolute atomic E-state index is 0.154. The molecule has 2 aromatic carbocycles. The van der Waals surface area contributed by atoms with E-state index >= 15 is 0 Å². The third-order valence-electron chi connectivity index (χ3n) is 4.71. The Morgan fingerprint density at radius 1 is 1.16 bits per heavy atom. The van der Waals surface area contributed by atoms with Crippen molar-refractivity contribution in [3.05, 3.63) is 88.5 Å². The first-order chi connectivity index (χ1) is 14.6. The Morgan fingerprint density at radius 3 is 2.52 bits per heavy atom. The standard InChI is InChI=1S/C23H23ClF3N3O/c1-16(2)13-30(22(31)18-6-8-20(24)9-7-18)15-21-28-10-11-29(21)14-17-4-3-5-19(12-17)23(25,26)27/h3-12,16H,13-15H2,1-2H3. The van der Waals surface area contributed by atoms with Crippen molar-refractivity contribution >= 4 is 17.5 Å². The number of benzene rings is 2. The molecule has 0 atom stereocenters. The maximum atomic E-state index is 13.1. The Kier molecular flexibility index (Phi) is 7.05. The number of rotatable bonds is 7. The summed E-state index contributed by atoms with van der Waals surface area (Å²) >= 11 is 5.92. The van der Waals surface area contributed by atoms with Crippen molar-refractivity contribution in [3.8, 4) is 0 Å². The summed E-state index contributed by atoms with van der Waals surface area (Å²) in [6.45, 7) is 5.00. The second-order valence-corrected chi connectivity index (χ2v) is 8.19. The molecule has 0 aliphatic carbocycles. The molecule has 0 spiro atoms. The van der Waals surface area contributed by atoms with Crippen LogP contribution < -0.4 is 0 Å². The zero-order chi connectivity index (χ0) is 22.6. The molecule has 0 radical (unpaired) electrons. The van der Waals surface area contributed by atoms with E-state index in [1.165, 1.54) is 6.07 Å². The Hall–Kier alpha value is -2.80. The van der Waals surface area contributed by atoms with Gasteiger partial charge in [-0.15, -0.1) is 0 Å². The third-order valence-corrected chi connectivity index (χ3v) is 4.96. The molecular formula is C23H23ClF3N3O. The van der Waals surface area contributed by atoms with E-state index < -0.39 is 11.7 Å². The number of alkyl halides is 3.